The molecule has 5 rings (SSSR count). The second kappa shape index (κ2) is 14.5. The maximum absolute atomic E-state index is 13.4. The van der Waals surface area contributed by atoms with Crippen LogP contribution in [0.25, 0.3) is 10.8 Å². The van der Waals surface area contributed by atoms with Crippen LogP contribution in [0, 0.1) is 0 Å². The van der Waals surface area contributed by atoms with Crippen molar-refractivity contribution in [3.05, 3.63) is 131 Å². The lowest BCUT2D eigenvalue weighted by molar-refractivity contribution is -0.141. The van der Waals surface area contributed by atoms with Crippen LogP contribution in [-0.4, -0.2) is 30.6 Å². The molecule has 0 aliphatic carbocycles. The van der Waals surface area contributed by atoms with E-state index >= 15 is 0 Å². The maximum Gasteiger partial charge on any atom is 0.307 e. The van der Waals surface area contributed by atoms with E-state index in [0.717, 1.165) is 34.1 Å². The van der Waals surface area contributed by atoms with Crippen LogP contribution in [0.1, 0.15) is 60.4 Å². The smallest absolute Gasteiger partial charge is 0.307 e. The number of fused-ring (bicyclic) bond motifs is 1. The Hall–Kier alpha value is -4.88. The molecule has 46 heavy (non-hydrogen) atoms. The van der Waals surface area contributed by atoms with Crippen molar-refractivity contribution in [3.63, 3.8) is 0 Å². The zero-order valence-corrected chi connectivity index (χ0v) is 27.1. The number of carbonyl (C=O) groups is 2. The fourth-order valence-corrected chi connectivity index (χ4v) is 5.06. The summed E-state index contributed by atoms with van der Waals surface area (Å²) in [7, 11) is 1.32. The second-order valence-corrected chi connectivity index (χ2v) is 12.5. The van der Waals surface area contributed by atoms with Gasteiger partial charge in [0.2, 0.25) is 0 Å². The lowest BCUT2D eigenvalue weighted by Gasteiger charge is -2.19. The molecule has 0 bridgehead atoms. The highest BCUT2D eigenvalue weighted by Crippen LogP contribution is 2.29. The van der Waals surface area contributed by atoms with Gasteiger partial charge in [0.25, 0.3) is 5.91 Å². The van der Waals surface area contributed by atoms with E-state index in [1.54, 1.807) is 12.3 Å². The first-order valence-electron chi connectivity index (χ1n) is 15.1. The van der Waals surface area contributed by atoms with Gasteiger partial charge in [0.1, 0.15) is 22.9 Å². The predicted molar refractivity (Wildman–Crippen MR) is 181 cm³/mol. The van der Waals surface area contributed by atoms with Gasteiger partial charge in [-0.05, 0) is 88.2 Å². The molecule has 0 spiro atoms. The molecule has 0 radical (unpaired) electrons. The van der Waals surface area contributed by atoms with Crippen molar-refractivity contribution in [1.82, 2.24) is 10.3 Å². The Morgan fingerprint density at radius 3 is 2.17 bits per heavy atom. The summed E-state index contributed by atoms with van der Waals surface area (Å²) in [6.45, 7) is 7.00. The number of nitrogens with zero attached hydrogens (tertiary/aromatic N) is 1. The van der Waals surface area contributed by atoms with E-state index in [2.05, 4.69) is 43.2 Å². The molecule has 8 heteroatoms. The minimum absolute atomic E-state index is 0.0431. The molecule has 1 aromatic heterocycles. The molecular weight excluding hydrogens is 600 g/mol. The van der Waals surface area contributed by atoms with E-state index in [-0.39, 0.29) is 17.5 Å². The van der Waals surface area contributed by atoms with E-state index in [1.807, 2.05) is 78.9 Å². The molecule has 5 aromatic rings. The number of methoxy groups -OCH3 is 1. The van der Waals surface area contributed by atoms with Gasteiger partial charge in [-0.15, -0.1) is 0 Å². The van der Waals surface area contributed by atoms with E-state index in [0.29, 0.717) is 23.1 Å². The Kier molecular flexibility index (Phi) is 10.2. The number of hydrogen-bond acceptors (Lipinski definition) is 6. The Morgan fingerprint density at radius 2 is 1.50 bits per heavy atom. The van der Waals surface area contributed by atoms with Gasteiger partial charge >= 0.3 is 5.97 Å². The molecule has 236 valence electrons. The standard InChI is InChI=1S/C38H37ClN2O5/c1-38(2,3)29-10-17-32(18-11-29)46-33-16-9-27-24-40-35(22-28(27)21-33)37(43)41-34(23-36(42)44-4)26-7-14-31(15-8-26)45-20-19-25-5-12-30(39)13-6-25/h5-18,21-22,24,34H,19-20,23H2,1-4H3,(H,41,43). The van der Waals surface area contributed by atoms with E-state index in [9.17, 15) is 9.59 Å². The number of aromatic nitrogens is 1. The van der Waals surface area contributed by atoms with Gasteiger partial charge in [-0.3, -0.25) is 14.6 Å². The quantitative estimate of drug-likeness (QED) is 0.146. The monoisotopic (exact) mass is 636 g/mol. The summed E-state index contributed by atoms with van der Waals surface area (Å²) in [5.41, 5.74) is 3.35. The lowest BCUT2D eigenvalue weighted by atomic mass is 9.87. The maximum atomic E-state index is 13.4. The SMILES string of the molecule is COC(=O)CC(NC(=O)c1cc2cc(Oc3ccc(C(C)(C)C)cc3)ccc2cn1)c1ccc(OCCc2ccc(Cl)cc2)cc1. The molecule has 4 aromatic carbocycles. The van der Waals surface area contributed by atoms with Crippen LogP contribution in [0.2, 0.25) is 5.02 Å². The number of halogens is 1. The highest BCUT2D eigenvalue weighted by molar-refractivity contribution is 6.30. The number of nitrogens with one attached hydrogen (secondary N) is 1. The van der Waals surface area contributed by atoms with Crippen molar-refractivity contribution >= 4 is 34.2 Å². The zero-order chi connectivity index (χ0) is 32.7. The first-order valence-corrected chi connectivity index (χ1v) is 15.5. The molecule has 7 nitrogen and oxygen atoms in total. The van der Waals surface area contributed by atoms with Crippen LogP contribution in [0.15, 0.2) is 103 Å². The second-order valence-electron chi connectivity index (χ2n) is 12.1. The summed E-state index contributed by atoms with van der Waals surface area (Å²) in [5, 5.41) is 5.32. The molecule has 1 heterocycles. The fourth-order valence-electron chi connectivity index (χ4n) is 4.93. The molecule has 1 N–H and O–H groups in total. The summed E-state index contributed by atoms with van der Waals surface area (Å²) in [6, 6.07) is 29.7. The summed E-state index contributed by atoms with van der Waals surface area (Å²) in [5.74, 6) is 1.19. The minimum atomic E-state index is -0.633. The van der Waals surface area contributed by atoms with Gasteiger partial charge in [-0.1, -0.05) is 68.8 Å². The number of carbonyl (C=O) groups excluding carboxylic acids is 2. The number of hydrogen-bond donors (Lipinski definition) is 1. The normalized spacial score (nSPS) is 11.9. The summed E-state index contributed by atoms with van der Waals surface area (Å²) in [4.78, 5) is 30.1. The van der Waals surface area contributed by atoms with Crippen LogP contribution in [0.5, 0.6) is 17.2 Å². The highest BCUT2D eigenvalue weighted by atomic mass is 35.5. The van der Waals surface area contributed by atoms with Crippen molar-refractivity contribution in [2.24, 2.45) is 0 Å². The van der Waals surface area contributed by atoms with Crippen LogP contribution >= 0.6 is 11.6 Å². The van der Waals surface area contributed by atoms with Crippen LogP contribution in [-0.2, 0) is 21.4 Å². The van der Waals surface area contributed by atoms with Gasteiger partial charge in [0, 0.05) is 23.0 Å². The van der Waals surface area contributed by atoms with Gasteiger partial charge in [0.15, 0.2) is 0 Å². The van der Waals surface area contributed by atoms with Crippen molar-refractivity contribution in [2.45, 2.75) is 45.1 Å². The number of ether oxygens (including phenoxy) is 3. The van der Waals surface area contributed by atoms with Gasteiger partial charge < -0.3 is 19.5 Å². The third kappa shape index (κ3) is 8.64. The number of pyridine rings is 1. The molecule has 0 aliphatic heterocycles. The third-order valence-corrected chi connectivity index (χ3v) is 7.89. The summed E-state index contributed by atoms with van der Waals surface area (Å²) in [6.07, 6.45) is 2.34. The summed E-state index contributed by atoms with van der Waals surface area (Å²) < 4.78 is 16.9. The average Bonchev–Trinajstić information content (AvgIpc) is 3.05. The summed E-state index contributed by atoms with van der Waals surface area (Å²) >= 11 is 5.96. The van der Waals surface area contributed by atoms with Crippen LogP contribution < -0.4 is 14.8 Å². The van der Waals surface area contributed by atoms with Gasteiger partial charge in [-0.25, -0.2) is 0 Å². The Bertz CT molecular complexity index is 1800. The molecule has 0 aliphatic rings. The number of rotatable bonds is 11. The predicted octanol–water partition coefficient (Wildman–Crippen LogP) is 8.63. The third-order valence-electron chi connectivity index (χ3n) is 7.64. The Balaban J connectivity index is 1.26. The molecular formula is C38H37ClN2O5. The molecule has 1 atom stereocenters. The molecule has 0 saturated heterocycles. The highest BCUT2D eigenvalue weighted by Gasteiger charge is 2.21. The lowest BCUT2D eigenvalue weighted by Crippen LogP contribution is -2.31. The van der Waals surface area contributed by atoms with Crippen molar-refractivity contribution < 1.29 is 23.8 Å². The number of esters is 1. The molecule has 1 unspecified atom stereocenters. The van der Waals surface area contributed by atoms with Crippen molar-refractivity contribution in [2.75, 3.05) is 13.7 Å². The van der Waals surface area contributed by atoms with E-state index in [1.165, 1.54) is 12.7 Å². The van der Waals surface area contributed by atoms with Crippen molar-refractivity contribution in [1.29, 1.82) is 0 Å². The first kappa shape index (κ1) is 32.5. The number of benzene rings is 4. The van der Waals surface area contributed by atoms with Crippen LogP contribution in [0.3, 0.4) is 0 Å². The topological polar surface area (TPSA) is 86.8 Å². The largest absolute Gasteiger partial charge is 0.493 e. The Labute approximate surface area is 274 Å². The number of amides is 1. The first-order chi connectivity index (χ1) is 22.1. The molecule has 1 amide bonds. The van der Waals surface area contributed by atoms with Crippen molar-refractivity contribution in [3.8, 4) is 17.2 Å². The van der Waals surface area contributed by atoms with E-state index in [4.69, 9.17) is 25.8 Å². The Morgan fingerprint density at radius 1 is 0.826 bits per heavy atom. The van der Waals surface area contributed by atoms with Crippen LogP contribution in [0.4, 0.5) is 0 Å². The zero-order valence-electron chi connectivity index (χ0n) is 26.4. The fraction of sp³-hybridized carbons (Fsp3) is 0.237. The van der Waals surface area contributed by atoms with Gasteiger partial charge in [-0.2, -0.15) is 0 Å². The van der Waals surface area contributed by atoms with E-state index < -0.39 is 17.9 Å². The van der Waals surface area contributed by atoms with Gasteiger partial charge in [0.05, 0.1) is 26.2 Å². The molecule has 0 fully saturated rings. The molecule has 0 saturated carbocycles. The minimum Gasteiger partial charge on any atom is -0.493 e. The average molecular weight is 637 g/mol.